The summed E-state index contributed by atoms with van der Waals surface area (Å²) in [6, 6.07) is 3.05. The zero-order chi connectivity index (χ0) is 18.9. The second-order valence-corrected chi connectivity index (χ2v) is 7.99. The van der Waals surface area contributed by atoms with Gasteiger partial charge in [-0.05, 0) is 45.2 Å². The van der Waals surface area contributed by atoms with Gasteiger partial charge in [-0.15, -0.1) is 0 Å². The first kappa shape index (κ1) is 18.4. The summed E-state index contributed by atoms with van der Waals surface area (Å²) in [5, 5.41) is 6.56. The summed E-state index contributed by atoms with van der Waals surface area (Å²) in [6.07, 6.45) is 1.31. The Labute approximate surface area is 152 Å². The van der Waals surface area contributed by atoms with Crippen molar-refractivity contribution in [2.75, 3.05) is 18.5 Å². The fraction of sp³-hybridized carbons (Fsp3) is 0.412. The van der Waals surface area contributed by atoms with Gasteiger partial charge in [-0.25, -0.2) is 13.1 Å². The maximum Gasteiger partial charge on any atom is 0.262 e. The molecule has 3 rings (SSSR count). The SMILES string of the molecule is Cc1cc2c(cc1S(=O)(=O)NCCCc1c(C)noc1C)OCC(=O)N2. The Hall–Kier alpha value is -2.39. The van der Waals surface area contributed by atoms with Crippen LogP contribution in [-0.2, 0) is 21.2 Å². The Balaban J connectivity index is 1.67. The Bertz CT molecular complexity index is 930. The second-order valence-electron chi connectivity index (χ2n) is 6.25. The Morgan fingerprint density at radius 2 is 2.04 bits per heavy atom. The van der Waals surface area contributed by atoms with Crippen molar-refractivity contribution in [3.63, 3.8) is 0 Å². The van der Waals surface area contributed by atoms with Crippen molar-refractivity contribution in [1.29, 1.82) is 0 Å². The van der Waals surface area contributed by atoms with E-state index in [1.54, 1.807) is 13.0 Å². The van der Waals surface area contributed by atoms with E-state index in [4.69, 9.17) is 9.26 Å². The predicted octanol–water partition coefficient (Wildman–Crippen LogP) is 1.84. The molecule has 0 bridgehead atoms. The Morgan fingerprint density at radius 3 is 2.73 bits per heavy atom. The predicted molar refractivity (Wildman–Crippen MR) is 94.8 cm³/mol. The molecule has 0 unspecified atom stereocenters. The normalized spacial score (nSPS) is 13.9. The lowest BCUT2D eigenvalue weighted by Crippen LogP contribution is -2.28. The van der Waals surface area contributed by atoms with Crippen LogP contribution in [0.5, 0.6) is 5.75 Å². The Kier molecular flexibility index (Phi) is 5.01. The van der Waals surface area contributed by atoms with Gasteiger partial charge in [-0.3, -0.25) is 4.79 Å². The molecule has 2 heterocycles. The van der Waals surface area contributed by atoms with E-state index in [-0.39, 0.29) is 17.4 Å². The van der Waals surface area contributed by atoms with Crippen LogP contribution < -0.4 is 14.8 Å². The number of carbonyl (C=O) groups is 1. The van der Waals surface area contributed by atoms with E-state index in [0.717, 1.165) is 17.0 Å². The number of aromatic nitrogens is 1. The number of benzene rings is 1. The number of sulfonamides is 1. The standard InChI is InChI=1S/C17H21N3O5S/c1-10-7-14-15(24-9-17(21)19-14)8-16(10)26(22,23)18-6-4-5-13-11(2)20-25-12(13)3/h7-8,18H,4-6,9H2,1-3H3,(H,19,21). The van der Waals surface area contributed by atoms with Gasteiger partial charge in [-0.2, -0.15) is 0 Å². The lowest BCUT2D eigenvalue weighted by atomic mass is 10.1. The number of ether oxygens (including phenoxy) is 1. The van der Waals surface area contributed by atoms with Crippen LogP contribution in [0.4, 0.5) is 5.69 Å². The first-order chi connectivity index (χ1) is 12.3. The van der Waals surface area contributed by atoms with Gasteiger partial charge in [0.15, 0.2) is 6.61 Å². The first-order valence-electron chi connectivity index (χ1n) is 8.26. The van der Waals surface area contributed by atoms with Crippen LogP contribution in [0.1, 0.15) is 29.0 Å². The van der Waals surface area contributed by atoms with E-state index in [1.165, 1.54) is 6.07 Å². The zero-order valence-corrected chi connectivity index (χ0v) is 15.7. The van der Waals surface area contributed by atoms with Crippen molar-refractivity contribution in [1.82, 2.24) is 9.88 Å². The third-order valence-electron chi connectivity index (χ3n) is 4.28. The Morgan fingerprint density at radius 1 is 1.27 bits per heavy atom. The first-order valence-corrected chi connectivity index (χ1v) is 9.75. The average Bonchev–Trinajstić information content (AvgIpc) is 2.89. The number of hydrogen-bond acceptors (Lipinski definition) is 6. The van der Waals surface area contributed by atoms with Gasteiger partial charge in [0, 0.05) is 18.2 Å². The summed E-state index contributed by atoms with van der Waals surface area (Å²) >= 11 is 0. The molecule has 2 N–H and O–H groups in total. The molecule has 0 fully saturated rings. The van der Waals surface area contributed by atoms with Crippen LogP contribution in [-0.4, -0.2) is 32.6 Å². The molecule has 2 aromatic rings. The number of aryl methyl sites for hydroxylation is 3. The number of amides is 1. The van der Waals surface area contributed by atoms with Crippen LogP contribution in [0.3, 0.4) is 0 Å². The molecule has 1 aliphatic heterocycles. The van der Waals surface area contributed by atoms with E-state index in [0.29, 0.717) is 36.4 Å². The number of rotatable bonds is 6. The number of nitrogens with zero attached hydrogens (tertiary/aromatic N) is 1. The average molecular weight is 379 g/mol. The minimum atomic E-state index is -3.68. The van der Waals surface area contributed by atoms with Crippen LogP contribution in [0.2, 0.25) is 0 Å². The smallest absolute Gasteiger partial charge is 0.262 e. The maximum absolute atomic E-state index is 12.6. The molecule has 0 spiro atoms. The summed E-state index contributed by atoms with van der Waals surface area (Å²) < 4.78 is 38.3. The molecule has 0 radical (unpaired) electrons. The highest BCUT2D eigenvalue weighted by Gasteiger charge is 2.23. The van der Waals surface area contributed by atoms with E-state index >= 15 is 0 Å². The molecule has 1 aromatic carbocycles. The van der Waals surface area contributed by atoms with E-state index in [2.05, 4.69) is 15.2 Å². The molecular weight excluding hydrogens is 358 g/mol. The molecule has 140 valence electrons. The van der Waals surface area contributed by atoms with Crippen molar-refractivity contribution in [3.8, 4) is 5.75 Å². The van der Waals surface area contributed by atoms with Crippen LogP contribution >= 0.6 is 0 Å². The van der Waals surface area contributed by atoms with E-state index in [9.17, 15) is 13.2 Å². The van der Waals surface area contributed by atoms with Crippen LogP contribution in [0, 0.1) is 20.8 Å². The fourth-order valence-electron chi connectivity index (χ4n) is 2.91. The molecule has 1 amide bonds. The minimum absolute atomic E-state index is 0.125. The molecule has 0 aliphatic carbocycles. The molecule has 1 aliphatic rings. The lowest BCUT2D eigenvalue weighted by molar-refractivity contribution is -0.118. The molecule has 0 atom stereocenters. The summed E-state index contributed by atoms with van der Waals surface area (Å²) in [7, 11) is -3.68. The number of fused-ring (bicyclic) bond motifs is 1. The number of carbonyl (C=O) groups excluding carboxylic acids is 1. The van der Waals surface area contributed by atoms with E-state index in [1.807, 2.05) is 13.8 Å². The molecule has 0 saturated heterocycles. The van der Waals surface area contributed by atoms with Gasteiger partial charge < -0.3 is 14.6 Å². The zero-order valence-electron chi connectivity index (χ0n) is 14.9. The summed E-state index contributed by atoms with van der Waals surface area (Å²) in [5.74, 6) is 0.853. The van der Waals surface area contributed by atoms with Gasteiger partial charge >= 0.3 is 0 Å². The largest absolute Gasteiger partial charge is 0.482 e. The highest BCUT2D eigenvalue weighted by molar-refractivity contribution is 7.89. The van der Waals surface area contributed by atoms with Crippen molar-refractivity contribution in [2.24, 2.45) is 0 Å². The minimum Gasteiger partial charge on any atom is -0.482 e. The van der Waals surface area contributed by atoms with Gasteiger partial charge in [0.05, 0.1) is 16.3 Å². The monoisotopic (exact) mass is 379 g/mol. The summed E-state index contributed by atoms with van der Waals surface area (Å²) in [6.45, 7) is 5.56. The third-order valence-corrected chi connectivity index (χ3v) is 5.88. The summed E-state index contributed by atoms with van der Waals surface area (Å²) in [4.78, 5) is 11.5. The molecule has 26 heavy (non-hydrogen) atoms. The number of anilines is 1. The second kappa shape index (κ2) is 7.08. The van der Waals surface area contributed by atoms with Crippen molar-refractivity contribution in [2.45, 2.75) is 38.5 Å². The van der Waals surface area contributed by atoms with Gasteiger partial charge in [0.2, 0.25) is 10.0 Å². The van der Waals surface area contributed by atoms with Crippen molar-refractivity contribution >= 4 is 21.6 Å². The highest BCUT2D eigenvalue weighted by atomic mass is 32.2. The number of nitrogens with one attached hydrogen (secondary N) is 2. The molecular formula is C17H21N3O5S. The third kappa shape index (κ3) is 3.73. The van der Waals surface area contributed by atoms with Crippen LogP contribution in [0.25, 0.3) is 0 Å². The van der Waals surface area contributed by atoms with Gasteiger partial charge in [-0.1, -0.05) is 5.16 Å². The molecule has 8 nitrogen and oxygen atoms in total. The number of hydrogen-bond donors (Lipinski definition) is 2. The van der Waals surface area contributed by atoms with Gasteiger partial charge in [0.1, 0.15) is 11.5 Å². The van der Waals surface area contributed by atoms with Crippen LogP contribution in [0.15, 0.2) is 21.6 Å². The quantitative estimate of drug-likeness (QED) is 0.741. The molecule has 1 aromatic heterocycles. The fourth-order valence-corrected chi connectivity index (χ4v) is 4.23. The van der Waals surface area contributed by atoms with Crippen molar-refractivity contribution < 1.29 is 22.5 Å². The molecule has 9 heteroatoms. The van der Waals surface area contributed by atoms with Crippen molar-refractivity contribution in [3.05, 3.63) is 34.7 Å². The maximum atomic E-state index is 12.6. The lowest BCUT2D eigenvalue weighted by Gasteiger charge is -2.20. The highest BCUT2D eigenvalue weighted by Crippen LogP contribution is 2.32. The topological polar surface area (TPSA) is 111 Å². The van der Waals surface area contributed by atoms with Gasteiger partial charge in [0.25, 0.3) is 5.91 Å². The van der Waals surface area contributed by atoms with E-state index < -0.39 is 10.0 Å². The summed E-state index contributed by atoms with van der Waals surface area (Å²) in [5.41, 5.74) is 2.86. The molecule has 0 saturated carbocycles.